The SMILES string of the molecule is Cc1ccc(C2CC2)cc1CNC(=O)c1ncc[nH]1. The van der Waals surface area contributed by atoms with Gasteiger partial charge in [-0.3, -0.25) is 4.79 Å². The lowest BCUT2D eigenvalue weighted by molar-refractivity contribution is 0.0941. The predicted molar refractivity (Wildman–Crippen MR) is 72.9 cm³/mol. The lowest BCUT2D eigenvalue weighted by atomic mass is 10.0. The number of aromatic nitrogens is 2. The van der Waals surface area contributed by atoms with Crippen molar-refractivity contribution in [3.8, 4) is 0 Å². The lowest BCUT2D eigenvalue weighted by Gasteiger charge is -2.09. The van der Waals surface area contributed by atoms with Crippen molar-refractivity contribution in [3.63, 3.8) is 0 Å². The molecule has 0 radical (unpaired) electrons. The molecular formula is C15H17N3O. The van der Waals surface area contributed by atoms with Crippen molar-refractivity contribution < 1.29 is 4.79 Å². The zero-order chi connectivity index (χ0) is 13.2. The highest BCUT2D eigenvalue weighted by molar-refractivity contribution is 5.90. The average Bonchev–Trinajstić information content (AvgIpc) is 3.12. The number of imidazole rings is 1. The van der Waals surface area contributed by atoms with Gasteiger partial charge in [-0.2, -0.15) is 0 Å². The Morgan fingerprint density at radius 3 is 3.00 bits per heavy atom. The molecule has 1 aromatic heterocycles. The number of carbonyl (C=O) groups excluding carboxylic acids is 1. The van der Waals surface area contributed by atoms with Gasteiger partial charge >= 0.3 is 0 Å². The van der Waals surface area contributed by atoms with E-state index in [1.54, 1.807) is 12.4 Å². The van der Waals surface area contributed by atoms with Crippen LogP contribution in [0.15, 0.2) is 30.6 Å². The molecule has 4 heteroatoms. The van der Waals surface area contributed by atoms with Gasteiger partial charge in [0.15, 0.2) is 5.82 Å². The number of aromatic amines is 1. The number of benzene rings is 1. The summed E-state index contributed by atoms with van der Waals surface area (Å²) in [5.41, 5.74) is 3.79. The molecule has 3 rings (SSSR count). The second kappa shape index (κ2) is 4.88. The summed E-state index contributed by atoms with van der Waals surface area (Å²) in [5, 5.41) is 2.90. The molecule has 0 bridgehead atoms. The summed E-state index contributed by atoms with van der Waals surface area (Å²) in [6.07, 6.45) is 5.81. The van der Waals surface area contributed by atoms with Crippen LogP contribution in [0, 0.1) is 6.92 Å². The molecule has 1 aliphatic carbocycles. The van der Waals surface area contributed by atoms with Crippen molar-refractivity contribution in [1.82, 2.24) is 15.3 Å². The molecule has 1 fully saturated rings. The molecule has 1 aromatic carbocycles. The molecule has 0 atom stereocenters. The molecule has 0 spiro atoms. The molecule has 1 heterocycles. The van der Waals surface area contributed by atoms with Gasteiger partial charge < -0.3 is 10.3 Å². The third-order valence-electron chi connectivity index (χ3n) is 3.57. The van der Waals surface area contributed by atoms with E-state index in [0.717, 1.165) is 5.92 Å². The molecule has 2 aromatic rings. The standard InChI is InChI=1S/C15H17N3O/c1-10-2-3-12(11-4-5-11)8-13(10)9-18-15(19)14-16-6-7-17-14/h2-3,6-8,11H,4-5,9H2,1H3,(H,16,17)(H,18,19). The zero-order valence-corrected chi connectivity index (χ0v) is 10.9. The number of nitrogens with zero attached hydrogens (tertiary/aromatic N) is 1. The van der Waals surface area contributed by atoms with Crippen LogP contribution in [0.5, 0.6) is 0 Å². The van der Waals surface area contributed by atoms with Crippen molar-refractivity contribution in [2.45, 2.75) is 32.2 Å². The van der Waals surface area contributed by atoms with Crippen LogP contribution in [0.3, 0.4) is 0 Å². The van der Waals surface area contributed by atoms with Crippen molar-refractivity contribution in [3.05, 3.63) is 53.1 Å². The van der Waals surface area contributed by atoms with Crippen LogP contribution in [-0.2, 0) is 6.54 Å². The molecule has 0 saturated heterocycles. The summed E-state index contributed by atoms with van der Waals surface area (Å²) < 4.78 is 0. The molecule has 2 N–H and O–H groups in total. The van der Waals surface area contributed by atoms with E-state index in [4.69, 9.17) is 0 Å². The molecule has 4 nitrogen and oxygen atoms in total. The van der Waals surface area contributed by atoms with Crippen LogP contribution in [-0.4, -0.2) is 15.9 Å². The average molecular weight is 255 g/mol. The van der Waals surface area contributed by atoms with E-state index >= 15 is 0 Å². The van der Waals surface area contributed by atoms with Crippen molar-refractivity contribution >= 4 is 5.91 Å². The molecular weight excluding hydrogens is 238 g/mol. The minimum absolute atomic E-state index is 0.166. The number of carbonyl (C=O) groups is 1. The minimum Gasteiger partial charge on any atom is -0.345 e. The summed E-state index contributed by atoms with van der Waals surface area (Å²) in [7, 11) is 0. The van der Waals surface area contributed by atoms with E-state index < -0.39 is 0 Å². The highest BCUT2D eigenvalue weighted by Gasteiger charge is 2.23. The monoisotopic (exact) mass is 255 g/mol. The van der Waals surface area contributed by atoms with E-state index in [0.29, 0.717) is 12.4 Å². The van der Waals surface area contributed by atoms with E-state index in [1.165, 1.54) is 29.5 Å². The molecule has 1 saturated carbocycles. The van der Waals surface area contributed by atoms with Crippen LogP contribution in [0.4, 0.5) is 0 Å². The fourth-order valence-electron chi connectivity index (χ4n) is 2.20. The van der Waals surface area contributed by atoms with Gasteiger partial charge in [0.2, 0.25) is 0 Å². The second-order valence-electron chi connectivity index (χ2n) is 5.08. The number of H-pyrrole nitrogens is 1. The van der Waals surface area contributed by atoms with Gasteiger partial charge in [0.1, 0.15) is 0 Å². The summed E-state index contributed by atoms with van der Waals surface area (Å²) in [5.74, 6) is 0.928. The number of hydrogen-bond donors (Lipinski definition) is 2. The Morgan fingerprint density at radius 1 is 1.47 bits per heavy atom. The van der Waals surface area contributed by atoms with Crippen LogP contribution in [0.25, 0.3) is 0 Å². The number of rotatable bonds is 4. The topological polar surface area (TPSA) is 57.8 Å². The van der Waals surface area contributed by atoms with Gasteiger partial charge in [-0.15, -0.1) is 0 Å². The van der Waals surface area contributed by atoms with Crippen LogP contribution in [0.1, 0.15) is 46.1 Å². The van der Waals surface area contributed by atoms with Gasteiger partial charge in [-0.1, -0.05) is 18.2 Å². The third-order valence-corrected chi connectivity index (χ3v) is 3.57. The van der Waals surface area contributed by atoms with E-state index in [2.05, 4.69) is 40.4 Å². The first-order chi connectivity index (χ1) is 9.24. The number of amides is 1. The van der Waals surface area contributed by atoms with Gasteiger partial charge in [-0.25, -0.2) is 4.98 Å². The van der Waals surface area contributed by atoms with Crippen LogP contribution < -0.4 is 5.32 Å². The summed E-state index contributed by atoms with van der Waals surface area (Å²) in [6, 6.07) is 6.56. The van der Waals surface area contributed by atoms with Crippen molar-refractivity contribution in [2.24, 2.45) is 0 Å². The molecule has 1 amide bonds. The first-order valence-corrected chi connectivity index (χ1v) is 6.61. The van der Waals surface area contributed by atoms with Gasteiger partial charge in [-0.05, 0) is 42.4 Å². The first-order valence-electron chi connectivity index (χ1n) is 6.61. The fraction of sp³-hybridized carbons (Fsp3) is 0.333. The molecule has 1 aliphatic rings. The van der Waals surface area contributed by atoms with E-state index in [1.807, 2.05) is 0 Å². The molecule has 0 aliphatic heterocycles. The van der Waals surface area contributed by atoms with Crippen molar-refractivity contribution in [2.75, 3.05) is 0 Å². The lowest BCUT2D eigenvalue weighted by Crippen LogP contribution is -2.24. The van der Waals surface area contributed by atoms with Crippen molar-refractivity contribution in [1.29, 1.82) is 0 Å². The maximum atomic E-state index is 11.8. The van der Waals surface area contributed by atoms with Gasteiger partial charge in [0.25, 0.3) is 5.91 Å². The van der Waals surface area contributed by atoms with Gasteiger partial charge in [0.05, 0.1) is 0 Å². The molecule has 98 valence electrons. The minimum atomic E-state index is -0.166. The normalized spacial score (nSPS) is 14.4. The maximum Gasteiger partial charge on any atom is 0.287 e. The predicted octanol–water partition coefficient (Wildman–Crippen LogP) is 2.53. The Bertz CT molecular complexity index is 585. The van der Waals surface area contributed by atoms with Gasteiger partial charge in [0, 0.05) is 18.9 Å². The number of hydrogen-bond acceptors (Lipinski definition) is 2. The maximum absolute atomic E-state index is 11.8. The summed E-state index contributed by atoms with van der Waals surface area (Å²) in [6.45, 7) is 2.62. The Kier molecular flexibility index (Phi) is 3.07. The highest BCUT2D eigenvalue weighted by Crippen LogP contribution is 2.40. The van der Waals surface area contributed by atoms with Crippen LogP contribution in [0.2, 0.25) is 0 Å². The fourth-order valence-corrected chi connectivity index (χ4v) is 2.20. The third kappa shape index (κ3) is 2.67. The van der Waals surface area contributed by atoms with E-state index in [-0.39, 0.29) is 5.91 Å². The Balaban J connectivity index is 1.69. The Labute approximate surface area is 112 Å². The molecule has 19 heavy (non-hydrogen) atoms. The first kappa shape index (κ1) is 12.0. The largest absolute Gasteiger partial charge is 0.345 e. The molecule has 0 unspecified atom stereocenters. The van der Waals surface area contributed by atoms with E-state index in [9.17, 15) is 4.79 Å². The Hall–Kier alpha value is -2.10. The second-order valence-corrected chi connectivity index (χ2v) is 5.08. The quantitative estimate of drug-likeness (QED) is 0.882. The highest BCUT2D eigenvalue weighted by atomic mass is 16.2. The number of aryl methyl sites for hydroxylation is 1. The van der Waals surface area contributed by atoms with Crippen LogP contribution >= 0.6 is 0 Å². The zero-order valence-electron chi connectivity index (χ0n) is 10.9. The summed E-state index contributed by atoms with van der Waals surface area (Å²) >= 11 is 0. The Morgan fingerprint density at radius 2 is 2.32 bits per heavy atom. The smallest absolute Gasteiger partial charge is 0.287 e. The number of nitrogens with one attached hydrogen (secondary N) is 2. The summed E-state index contributed by atoms with van der Waals surface area (Å²) in [4.78, 5) is 18.6.